The van der Waals surface area contributed by atoms with Gasteiger partial charge in [0.1, 0.15) is 18.2 Å². The van der Waals surface area contributed by atoms with Crippen LogP contribution < -0.4 is 10.1 Å². The molecule has 8 heteroatoms. The second kappa shape index (κ2) is 8.30. The summed E-state index contributed by atoms with van der Waals surface area (Å²) >= 11 is 6.35. The largest absolute Gasteiger partial charge is 0.472 e. The molecular weight excluding hydrogens is 404 g/mol. The fraction of sp³-hybridized carbons (Fsp3) is 0.500. The standard InChI is InChI=1S/C22H27ClN4O3/c1-12(2)29-22(28)27-15-6-8-18(27)19(10-15)30-21-14(4)20(24-11-25-21)26-17-7-5-13(3)9-16(17)23/h5,7,9,11-12,15,18-19H,6,8,10H2,1-4H3,(H,24,25,26)/t15?,18?,19-/m0/s1. The van der Waals surface area contributed by atoms with Gasteiger partial charge in [-0.25, -0.2) is 14.8 Å². The summed E-state index contributed by atoms with van der Waals surface area (Å²) < 4.78 is 11.7. The molecule has 1 amide bonds. The van der Waals surface area contributed by atoms with E-state index in [-0.39, 0.29) is 30.4 Å². The number of nitrogens with zero attached hydrogens (tertiary/aromatic N) is 3. The maximum atomic E-state index is 12.5. The van der Waals surface area contributed by atoms with Crippen LogP contribution in [0.3, 0.4) is 0 Å². The van der Waals surface area contributed by atoms with E-state index in [1.54, 1.807) is 0 Å². The summed E-state index contributed by atoms with van der Waals surface area (Å²) in [6, 6.07) is 5.99. The van der Waals surface area contributed by atoms with E-state index in [1.165, 1.54) is 6.33 Å². The van der Waals surface area contributed by atoms with Crippen molar-refractivity contribution in [2.45, 2.75) is 71.2 Å². The van der Waals surface area contributed by atoms with Crippen molar-refractivity contribution >= 4 is 29.2 Å². The summed E-state index contributed by atoms with van der Waals surface area (Å²) in [6.07, 6.45) is 3.67. The van der Waals surface area contributed by atoms with Gasteiger partial charge in [-0.3, -0.25) is 4.90 Å². The minimum atomic E-state index is -0.251. The molecule has 3 atom stereocenters. The lowest BCUT2D eigenvalue weighted by atomic mass is 9.98. The van der Waals surface area contributed by atoms with Crippen molar-refractivity contribution in [2.75, 3.05) is 5.32 Å². The molecule has 0 saturated carbocycles. The van der Waals surface area contributed by atoms with Crippen LogP contribution in [-0.2, 0) is 4.74 Å². The molecule has 1 aromatic carbocycles. The number of hydrogen-bond acceptors (Lipinski definition) is 6. The van der Waals surface area contributed by atoms with Crippen LogP contribution in [0.2, 0.25) is 5.02 Å². The summed E-state index contributed by atoms with van der Waals surface area (Å²) in [7, 11) is 0. The first-order chi connectivity index (χ1) is 14.3. The molecule has 0 aliphatic carbocycles. The van der Waals surface area contributed by atoms with Gasteiger partial charge in [-0.05, 0) is 58.2 Å². The monoisotopic (exact) mass is 430 g/mol. The Morgan fingerprint density at radius 1 is 1.27 bits per heavy atom. The Balaban J connectivity index is 1.49. The van der Waals surface area contributed by atoms with Crippen molar-refractivity contribution in [3.63, 3.8) is 0 Å². The van der Waals surface area contributed by atoms with E-state index >= 15 is 0 Å². The van der Waals surface area contributed by atoms with Crippen LogP contribution in [0.1, 0.15) is 44.2 Å². The summed E-state index contributed by atoms with van der Waals surface area (Å²) in [4.78, 5) is 23.0. The minimum absolute atomic E-state index is 0.0126. The average molecular weight is 431 g/mol. The maximum Gasteiger partial charge on any atom is 0.410 e. The highest BCUT2D eigenvalue weighted by atomic mass is 35.5. The molecule has 160 valence electrons. The van der Waals surface area contributed by atoms with Crippen LogP contribution in [0.15, 0.2) is 24.5 Å². The number of nitrogens with one attached hydrogen (secondary N) is 1. The Morgan fingerprint density at radius 3 is 2.80 bits per heavy atom. The number of benzene rings is 1. The Labute approximate surface area is 181 Å². The highest BCUT2D eigenvalue weighted by molar-refractivity contribution is 6.33. The predicted octanol–water partition coefficient (Wildman–Crippen LogP) is 5.02. The quantitative estimate of drug-likeness (QED) is 0.717. The zero-order chi connectivity index (χ0) is 21.4. The molecule has 2 bridgehead atoms. The number of ether oxygens (including phenoxy) is 2. The first-order valence-corrected chi connectivity index (χ1v) is 10.7. The smallest absolute Gasteiger partial charge is 0.410 e. The summed E-state index contributed by atoms with van der Waals surface area (Å²) in [6.45, 7) is 7.64. The second-order valence-corrected chi connectivity index (χ2v) is 8.70. The molecule has 4 rings (SSSR count). The zero-order valence-electron chi connectivity index (χ0n) is 17.7. The first kappa shape index (κ1) is 20.7. The lowest BCUT2D eigenvalue weighted by Crippen LogP contribution is -2.40. The average Bonchev–Trinajstić information content (AvgIpc) is 3.24. The highest BCUT2D eigenvalue weighted by Gasteiger charge is 2.51. The number of rotatable bonds is 5. The van der Waals surface area contributed by atoms with Gasteiger partial charge in [0.05, 0.1) is 28.4 Å². The molecule has 7 nitrogen and oxygen atoms in total. The van der Waals surface area contributed by atoms with Crippen molar-refractivity contribution in [3.05, 3.63) is 40.7 Å². The van der Waals surface area contributed by atoms with Gasteiger partial charge in [-0.1, -0.05) is 17.7 Å². The Morgan fingerprint density at radius 2 is 2.07 bits per heavy atom. The van der Waals surface area contributed by atoms with Crippen molar-refractivity contribution in [2.24, 2.45) is 0 Å². The van der Waals surface area contributed by atoms with Gasteiger partial charge < -0.3 is 14.8 Å². The van der Waals surface area contributed by atoms with E-state index in [4.69, 9.17) is 21.1 Å². The summed E-state index contributed by atoms with van der Waals surface area (Å²) in [5, 5.41) is 3.90. The minimum Gasteiger partial charge on any atom is -0.472 e. The van der Waals surface area contributed by atoms with Crippen LogP contribution in [-0.4, -0.2) is 45.3 Å². The van der Waals surface area contributed by atoms with E-state index in [0.29, 0.717) is 16.7 Å². The van der Waals surface area contributed by atoms with Crippen LogP contribution in [0.25, 0.3) is 0 Å². The number of carbonyl (C=O) groups excluding carboxylic acids is 1. The molecule has 0 radical (unpaired) electrons. The van der Waals surface area contributed by atoms with Crippen LogP contribution in [0.4, 0.5) is 16.3 Å². The molecule has 2 aliphatic heterocycles. The van der Waals surface area contributed by atoms with Crippen molar-refractivity contribution in [3.8, 4) is 5.88 Å². The Kier molecular flexibility index (Phi) is 5.73. The van der Waals surface area contributed by atoms with E-state index in [9.17, 15) is 4.79 Å². The molecule has 30 heavy (non-hydrogen) atoms. The fourth-order valence-electron chi connectivity index (χ4n) is 4.28. The van der Waals surface area contributed by atoms with Gasteiger partial charge in [-0.15, -0.1) is 0 Å². The highest BCUT2D eigenvalue weighted by Crippen LogP contribution is 2.40. The number of carbonyl (C=O) groups is 1. The van der Waals surface area contributed by atoms with Gasteiger partial charge in [0.2, 0.25) is 5.88 Å². The van der Waals surface area contributed by atoms with Crippen molar-refractivity contribution < 1.29 is 14.3 Å². The maximum absolute atomic E-state index is 12.5. The number of halogens is 1. The van der Waals surface area contributed by atoms with Crippen LogP contribution in [0, 0.1) is 13.8 Å². The van der Waals surface area contributed by atoms with Gasteiger partial charge in [0.15, 0.2) is 0 Å². The molecule has 2 fully saturated rings. The number of anilines is 2. The molecule has 2 unspecified atom stereocenters. The third kappa shape index (κ3) is 4.03. The fourth-order valence-corrected chi connectivity index (χ4v) is 4.56. The van der Waals surface area contributed by atoms with E-state index in [1.807, 2.05) is 50.8 Å². The third-order valence-corrected chi connectivity index (χ3v) is 6.02. The normalized spacial score (nSPS) is 22.5. The lowest BCUT2D eigenvalue weighted by Gasteiger charge is -2.25. The van der Waals surface area contributed by atoms with Crippen molar-refractivity contribution in [1.29, 1.82) is 0 Å². The van der Waals surface area contributed by atoms with Crippen LogP contribution >= 0.6 is 11.6 Å². The van der Waals surface area contributed by atoms with Gasteiger partial charge >= 0.3 is 6.09 Å². The molecular formula is C22H27ClN4O3. The van der Waals surface area contributed by atoms with Gasteiger partial charge in [0.25, 0.3) is 0 Å². The van der Waals surface area contributed by atoms with Gasteiger partial charge in [0, 0.05) is 12.5 Å². The Bertz CT molecular complexity index is 952. The molecule has 3 heterocycles. The molecule has 2 aliphatic rings. The molecule has 2 saturated heterocycles. The lowest BCUT2D eigenvalue weighted by molar-refractivity contribution is 0.0641. The number of amides is 1. The van der Waals surface area contributed by atoms with E-state index in [0.717, 1.165) is 36.1 Å². The first-order valence-electron chi connectivity index (χ1n) is 10.3. The SMILES string of the molecule is Cc1ccc(Nc2ncnc(O[C@H]3CC4CCC3N4C(=O)OC(C)C)c2C)c(Cl)c1. The third-order valence-electron chi connectivity index (χ3n) is 5.71. The van der Waals surface area contributed by atoms with Crippen molar-refractivity contribution in [1.82, 2.24) is 14.9 Å². The van der Waals surface area contributed by atoms with E-state index in [2.05, 4.69) is 15.3 Å². The number of aromatic nitrogens is 2. The predicted molar refractivity (Wildman–Crippen MR) is 116 cm³/mol. The zero-order valence-corrected chi connectivity index (χ0v) is 18.4. The summed E-state index contributed by atoms with van der Waals surface area (Å²) in [5.41, 5.74) is 2.66. The molecule has 1 aromatic heterocycles. The van der Waals surface area contributed by atoms with Gasteiger partial charge in [-0.2, -0.15) is 0 Å². The van der Waals surface area contributed by atoms with E-state index < -0.39 is 0 Å². The number of aryl methyl sites for hydroxylation is 1. The number of hydrogen-bond donors (Lipinski definition) is 1. The molecule has 2 aromatic rings. The second-order valence-electron chi connectivity index (χ2n) is 8.29. The molecule has 1 N–H and O–H groups in total. The van der Waals surface area contributed by atoms with Crippen LogP contribution in [0.5, 0.6) is 5.88 Å². The topological polar surface area (TPSA) is 76.6 Å². The number of fused-ring (bicyclic) bond motifs is 2. The Hall–Kier alpha value is -2.54. The molecule has 0 spiro atoms. The summed E-state index contributed by atoms with van der Waals surface area (Å²) in [5.74, 6) is 1.16.